The Kier molecular flexibility index (Phi) is 4.38. The van der Waals surface area contributed by atoms with Gasteiger partial charge in [0, 0.05) is 19.3 Å². The van der Waals surface area contributed by atoms with Crippen LogP contribution in [0.1, 0.15) is 23.2 Å². The molecule has 1 aromatic heterocycles. The van der Waals surface area contributed by atoms with Gasteiger partial charge in [0.15, 0.2) is 0 Å². The van der Waals surface area contributed by atoms with Gasteiger partial charge in [-0.2, -0.15) is 0 Å². The first kappa shape index (κ1) is 13.1. The fourth-order valence-corrected chi connectivity index (χ4v) is 1.69. The van der Waals surface area contributed by atoms with E-state index in [2.05, 4.69) is 10.3 Å². The Bertz CT molecular complexity index is 435. The van der Waals surface area contributed by atoms with E-state index in [-0.39, 0.29) is 5.56 Å². The highest BCUT2D eigenvalue weighted by Crippen LogP contribution is 2.28. The number of pyridine rings is 1. The molecular weight excluding hydrogens is 256 g/mol. The topological polar surface area (TPSA) is 71.5 Å². The van der Waals surface area contributed by atoms with Gasteiger partial charge in [-0.1, -0.05) is 11.6 Å². The number of anilines is 1. The lowest BCUT2D eigenvalue weighted by molar-refractivity contribution is 0.0696. The van der Waals surface area contributed by atoms with Gasteiger partial charge in [-0.3, -0.25) is 0 Å². The molecule has 0 bridgehead atoms. The molecule has 1 fully saturated rings. The number of carbonyl (C=O) groups is 1. The van der Waals surface area contributed by atoms with Gasteiger partial charge >= 0.3 is 5.97 Å². The van der Waals surface area contributed by atoms with Crippen LogP contribution in [-0.4, -0.2) is 35.8 Å². The van der Waals surface area contributed by atoms with Crippen LogP contribution < -0.4 is 5.32 Å². The van der Waals surface area contributed by atoms with Gasteiger partial charge in [-0.15, -0.1) is 0 Å². The van der Waals surface area contributed by atoms with Crippen molar-refractivity contribution in [1.82, 2.24) is 4.98 Å². The Morgan fingerprint density at radius 1 is 1.61 bits per heavy atom. The third-order valence-corrected chi connectivity index (χ3v) is 2.97. The number of hydrogen-bond acceptors (Lipinski definition) is 4. The van der Waals surface area contributed by atoms with Gasteiger partial charge in [-0.25, -0.2) is 9.78 Å². The maximum absolute atomic E-state index is 10.7. The molecule has 18 heavy (non-hydrogen) atoms. The van der Waals surface area contributed by atoms with Crippen LogP contribution in [0.5, 0.6) is 0 Å². The Morgan fingerprint density at radius 3 is 3.00 bits per heavy atom. The van der Waals surface area contributed by atoms with E-state index in [1.54, 1.807) is 0 Å². The highest BCUT2D eigenvalue weighted by atomic mass is 35.5. The summed E-state index contributed by atoms with van der Waals surface area (Å²) in [4.78, 5) is 14.7. The smallest absolute Gasteiger partial charge is 0.337 e. The number of aromatic carboxylic acids is 1. The molecule has 0 spiro atoms. The second-order valence-electron chi connectivity index (χ2n) is 4.30. The fourth-order valence-electron chi connectivity index (χ4n) is 1.46. The van der Waals surface area contributed by atoms with Gasteiger partial charge in [-0.05, 0) is 24.8 Å². The van der Waals surface area contributed by atoms with Crippen molar-refractivity contribution in [2.24, 2.45) is 5.92 Å². The highest BCUT2D eigenvalue weighted by Gasteiger charge is 2.20. The summed E-state index contributed by atoms with van der Waals surface area (Å²) in [6.45, 7) is 2.02. The zero-order valence-corrected chi connectivity index (χ0v) is 10.6. The number of ether oxygens (including phenoxy) is 1. The molecule has 1 aliphatic rings. The van der Waals surface area contributed by atoms with E-state index in [9.17, 15) is 4.79 Å². The molecule has 0 radical (unpaired) electrons. The number of nitrogens with one attached hydrogen (secondary N) is 1. The van der Waals surface area contributed by atoms with Crippen molar-refractivity contribution in [3.8, 4) is 0 Å². The summed E-state index contributed by atoms with van der Waals surface area (Å²) in [6.07, 6.45) is 3.83. The van der Waals surface area contributed by atoms with Crippen molar-refractivity contribution < 1.29 is 14.6 Å². The van der Waals surface area contributed by atoms with Gasteiger partial charge in [0.05, 0.1) is 17.2 Å². The second-order valence-corrected chi connectivity index (χ2v) is 4.71. The molecule has 2 rings (SSSR count). The summed E-state index contributed by atoms with van der Waals surface area (Å²) >= 11 is 5.92. The molecule has 0 saturated heterocycles. The fraction of sp³-hybridized carbons (Fsp3) is 0.500. The van der Waals surface area contributed by atoms with E-state index in [4.69, 9.17) is 21.4 Å². The molecule has 0 atom stereocenters. The Morgan fingerprint density at radius 2 is 2.39 bits per heavy atom. The Labute approximate surface area is 110 Å². The Hall–Kier alpha value is -1.33. The van der Waals surface area contributed by atoms with Crippen LogP contribution in [0.25, 0.3) is 0 Å². The number of hydrogen-bond donors (Lipinski definition) is 2. The first-order chi connectivity index (χ1) is 8.66. The molecule has 0 unspecified atom stereocenters. The lowest BCUT2D eigenvalue weighted by atomic mass is 10.3. The van der Waals surface area contributed by atoms with Crippen molar-refractivity contribution >= 4 is 23.4 Å². The van der Waals surface area contributed by atoms with Crippen molar-refractivity contribution in [2.75, 3.05) is 25.1 Å². The van der Waals surface area contributed by atoms with Crippen LogP contribution in [0.15, 0.2) is 12.3 Å². The molecular formula is C12H15ClN2O3. The second kappa shape index (κ2) is 6.02. The van der Waals surface area contributed by atoms with Crippen LogP contribution in [-0.2, 0) is 4.74 Å². The predicted octanol–water partition coefficient (Wildman–Crippen LogP) is 2.27. The molecule has 1 aromatic rings. The zero-order chi connectivity index (χ0) is 13.0. The summed E-state index contributed by atoms with van der Waals surface area (Å²) in [5.41, 5.74) is 0.0792. The lowest BCUT2D eigenvalue weighted by Gasteiger charge is -2.08. The first-order valence-corrected chi connectivity index (χ1v) is 6.25. The standard InChI is InChI=1S/C12H15ClN2O3/c13-10-5-9(12(16)17)6-15-11(10)14-3-4-18-7-8-1-2-8/h5-6,8H,1-4,7H2,(H,14,15)(H,16,17). The maximum Gasteiger partial charge on any atom is 0.337 e. The van der Waals surface area contributed by atoms with Crippen LogP contribution in [0.2, 0.25) is 5.02 Å². The first-order valence-electron chi connectivity index (χ1n) is 5.87. The van der Waals surface area contributed by atoms with Crippen molar-refractivity contribution in [2.45, 2.75) is 12.8 Å². The van der Waals surface area contributed by atoms with Crippen LogP contribution in [0.4, 0.5) is 5.82 Å². The highest BCUT2D eigenvalue weighted by molar-refractivity contribution is 6.33. The van der Waals surface area contributed by atoms with Gasteiger partial charge < -0.3 is 15.2 Å². The largest absolute Gasteiger partial charge is 0.478 e. The molecule has 2 N–H and O–H groups in total. The zero-order valence-electron chi connectivity index (χ0n) is 9.86. The molecule has 0 aromatic carbocycles. The number of halogens is 1. The van der Waals surface area contributed by atoms with Gasteiger partial charge in [0.1, 0.15) is 5.82 Å². The number of carboxylic acids is 1. The van der Waals surface area contributed by atoms with Gasteiger partial charge in [0.2, 0.25) is 0 Å². The maximum atomic E-state index is 10.7. The summed E-state index contributed by atoms with van der Waals surface area (Å²) in [7, 11) is 0. The number of aromatic nitrogens is 1. The Balaban J connectivity index is 1.75. The quantitative estimate of drug-likeness (QED) is 0.744. The van der Waals surface area contributed by atoms with E-state index < -0.39 is 5.97 Å². The summed E-state index contributed by atoms with van der Waals surface area (Å²) < 4.78 is 5.45. The third kappa shape index (κ3) is 3.85. The minimum atomic E-state index is -1.04. The molecule has 98 valence electrons. The number of rotatable bonds is 7. The summed E-state index contributed by atoms with van der Waals surface area (Å²) in [5.74, 6) is 0.196. The molecule has 6 heteroatoms. The predicted molar refractivity (Wildman–Crippen MR) is 68.2 cm³/mol. The summed E-state index contributed by atoms with van der Waals surface area (Å²) in [5, 5.41) is 12.1. The van der Waals surface area contributed by atoms with Crippen LogP contribution in [0.3, 0.4) is 0 Å². The molecule has 1 saturated carbocycles. The van der Waals surface area contributed by atoms with Gasteiger partial charge in [0.25, 0.3) is 0 Å². The van der Waals surface area contributed by atoms with E-state index >= 15 is 0 Å². The molecule has 0 amide bonds. The average molecular weight is 271 g/mol. The van der Waals surface area contributed by atoms with E-state index in [1.807, 2.05) is 0 Å². The van der Waals surface area contributed by atoms with Crippen LogP contribution in [0, 0.1) is 5.92 Å². The molecule has 1 aliphatic carbocycles. The SMILES string of the molecule is O=C(O)c1cnc(NCCOCC2CC2)c(Cl)c1. The van der Waals surface area contributed by atoms with E-state index in [1.165, 1.54) is 25.1 Å². The monoisotopic (exact) mass is 270 g/mol. The average Bonchev–Trinajstić information content (AvgIpc) is 3.14. The molecule has 5 nitrogen and oxygen atoms in total. The number of carboxylic acid groups (broad SMARTS) is 1. The third-order valence-electron chi connectivity index (χ3n) is 2.68. The van der Waals surface area contributed by atoms with Crippen molar-refractivity contribution in [3.63, 3.8) is 0 Å². The van der Waals surface area contributed by atoms with E-state index in [0.717, 1.165) is 12.5 Å². The van der Waals surface area contributed by atoms with E-state index in [0.29, 0.717) is 24.0 Å². The lowest BCUT2D eigenvalue weighted by Crippen LogP contribution is -2.12. The molecule has 0 aliphatic heterocycles. The minimum Gasteiger partial charge on any atom is -0.478 e. The van der Waals surface area contributed by atoms with Crippen molar-refractivity contribution in [3.05, 3.63) is 22.8 Å². The molecule has 1 heterocycles. The summed E-state index contributed by atoms with van der Waals surface area (Å²) in [6, 6.07) is 1.38. The van der Waals surface area contributed by atoms with Crippen molar-refractivity contribution in [1.29, 1.82) is 0 Å². The minimum absolute atomic E-state index is 0.0792. The van der Waals surface area contributed by atoms with Crippen LogP contribution >= 0.6 is 11.6 Å². The normalized spacial score (nSPS) is 14.5. The number of nitrogens with zero attached hydrogens (tertiary/aromatic N) is 1.